The number of phenols is 1. The van der Waals surface area contributed by atoms with Gasteiger partial charge in [0.15, 0.2) is 0 Å². The third-order valence-corrected chi connectivity index (χ3v) is 1.77. The molecule has 0 spiro atoms. The molecule has 5 heteroatoms. The molecule has 0 aliphatic rings. The van der Waals surface area contributed by atoms with Gasteiger partial charge < -0.3 is 10.3 Å². The van der Waals surface area contributed by atoms with Crippen LogP contribution in [0.4, 0.5) is 0 Å². The molecule has 0 aliphatic heterocycles. The van der Waals surface area contributed by atoms with Crippen molar-refractivity contribution >= 4 is 0 Å². The molecule has 0 radical (unpaired) electrons. The number of aryl methyl sites for hydroxylation is 1. The lowest BCUT2D eigenvalue weighted by molar-refractivity contribution is -1.21. The van der Waals surface area contributed by atoms with Crippen molar-refractivity contribution in [1.82, 2.24) is 0 Å². The average Bonchev–Trinajstić information content (AvgIpc) is 2.15. The largest absolute Gasteiger partial charge is 0.566 e. The molecule has 78 valence electrons. The second-order valence-electron chi connectivity index (χ2n) is 2.88. The van der Waals surface area contributed by atoms with Crippen LogP contribution >= 0.6 is 0 Å². The lowest BCUT2D eigenvalue weighted by Crippen LogP contribution is -3.03. The number of nitrogens with one attached hydrogen (secondary N) is 1. The summed E-state index contributed by atoms with van der Waals surface area (Å²) in [5, 5.41) is 26.0. The van der Waals surface area contributed by atoms with Crippen molar-refractivity contribution in [2.45, 2.75) is 12.8 Å². The number of phenolic OH excluding ortho intramolecular Hbond substituents is 1. The second kappa shape index (κ2) is 5.56. The Kier molecular flexibility index (Phi) is 4.34. The molecular formula is C9H13NO4. The van der Waals surface area contributed by atoms with E-state index in [9.17, 15) is 5.21 Å². The lowest BCUT2D eigenvalue weighted by atomic mass is 10.1. The van der Waals surface area contributed by atoms with Crippen LogP contribution in [0.5, 0.6) is 5.75 Å². The van der Waals surface area contributed by atoms with Crippen LogP contribution in [0.2, 0.25) is 0 Å². The molecule has 0 fully saturated rings. The van der Waals surface area contributed by atoms with Crippen molar-refractivity contribution in [3.63, 3.8) is 0 Å². The maximum atomic E-state index is 10.0. The van der Waals surface area contributed by atoms with Gasteiger partial charge in [0.05, 0.1) is 0 Å². The van der Waals surface area contributed by atoms with Gasteiger partial charge in [-0.2, -0.15) is 10.0 Å². The minimum atomic E-state index is -1.24. The maximum Gasteiger partial charge on any atom is 0.115 e. The van der Waals surface area contributed by atoms with Gasteiger partial charge in [-0.05, 0) is 30.5 Å². The first-order valence-electron chi connectivity index (χ1n) is 4.32. The zero-order valence-corrected chi connectivity index (χ0v) is 7.64. The molecular weight excluding hydrogens is 186 g/mol. The molecule has 1 aromatic carbocycles. The molecule has 0 heterocycles. The van der Waals surface area contributed by atoms with Crippen molar-refractivity contribution in [2.75, 3.05) is 6.61 Å². The highest BCUT2D eigenvalue weighted by Gasteiger charge is 1.96. The summed E-state index contributed by atoms with van der Waals surface area (Å²) in [4.78, 5) is 4.35. The van der Waals surface area contributed by atoms with E-state index in [1.807, 2.05) is 0 Å². The van der Waals surface area contributed by atoms with Crippen LogP contribution in [-0.4, -0.2) is 16.9 Å². The highest BCUT2D eigenvalue weighted by molar-refractivity contribution is 5.25. The summed E-state index contributed by atoms with van der Waals surface area (Å²) < 4.78 is 0. The number of hydrogen-bond donors (Lipinski definition) is 3. The third kappa shape index (κ3) is 4.20. The Balaban J connectivity index is 2.21. The van der Waals surface area contributed by atoms with Gasteiger partial charge in [0.25, 0.3) is 0 Å². The SMILES string of the molecule is [O-][NH+](O)OCCCc1ccc(O)cc1. The molecule has 0 aliphatic carbocycles. The van der Waals surface area contributed by atoms with E-state index in [1.165, 1.54) is 0 Å². The molecule has 0 bridgehead atoms. The van der Waals surface area contributed by atoms with Gasteiger partial charge in [-0.15, -0.1) is 0 Å². The van der Waals surface area contributed by atoms with Gasteiger partial charge in [0.1, 0.15) is 12.4 Å². The fraction of sp³-hybridized carbons (Fsp3) is 0.333. The molecule has 1 unspecified atom stereocenters. The van der Waals surface area contributed by atoms with Crippen molar-refractivity contribution in [3.05, 3.63) is 35.0 Å². The number of quaternary nitrogens is 1. The molecule has 0 aromatic heterocycles. The zero-order chi connectivity index (χ0) is 10.4. The van der Waals surface area contributed by atoms with Crippen LogP contribution < -0.4 is 5.39 Å². The Morgan fingerprint density at radius 1 is 1.29 bits per heavy atom. The van der Waals surface area contributed by atoms with Crippen molar-refractivity contribution < 1.29 is 20.5 Å². The first kappa shape index (κ1) is 10.9. The first-order chi connectivity index (χ1) is 6.68. The van der Waals surface area contributed by atoms with Crippen molar-refractivity contribution in [1.29, 1.82) is 0 Å². The van der Waals surface area contributed by atoms with E-state index in [1.54, 1.807) is 24.3 Å². The standard InChI is InChI=1S/C9H13NO4/c11-9-5-3-8(4-6-9)2-1-7-14-10(12)13/h3-6,10-12H,1-2,7H2. The van der Waals surface area contributed by atoms with E-state index in [0.717, 1.165) is 12.0 Å². The fourth-order valence-electron chi connectivity index (χ4n) is 1.10. The minimum Gasteiger partial charge on any atom is -0.566 e. The molecule has 14 heavy (non-hydrogen) atoms. The Morgan fingerprint density at radius 3 is 2.50 bits per heavy atom. The van der Waals surface area contributed by atoms with E-state index in [4.69, 9.17) is 10.3 Å². The Bertz CT molecular complexity index is 260. The monoisotopic (exact) mass is 199 g/mol. The highest BCUT2D eigenvalue weighted by atomic mass is 17.1. The number of rotatable bonds is 5. The summed E-state index contributed by atoms with van der Waals surface area (Å²) in [6, 6.07) is 6.81. The van der Waals surface area contributed by atoms with Gasteiger partial charge in [0.2, 0.25) is 0 Å². The smallest absolute Gasteiger partial charge is 0.115 e. The zero-order valence-electron chi connectivity index (χ0n) is 7.64. The average molecular weight is 199 g/mol. The Hall–Kier alpha value is -1.14. The molecule has 0 saturated heterocycles. The van der Waals surface area contributed by atoms with Crippen LogP contribution in [0.25, 0.3) is 0 Å². The summed E-state index contributed by atoms with van der Waals surface area (Å²) >= 11 is 0. The van der Waals surface area contributed by atoms with Crippen molar-refractivity contribution in [3.8, 4) is 5.75 Å². The van der Waals surface area contributed by atoms with E-state index in [-0.39, 0.29) is 12.4 Å². The summed E-state index contributed by atoms with van der Waals surface area (Å²) in [5.74, 6) is 0.232. The molecule has 1 aromatic rings. The van der Waals surface area contributed by atoms with Crippen LogP contribution in [0.3, 0.4) is 0 Å². The third-order valence-electron chi connectivity index (χ3n) is 1.77. The normalized spacial score (nSPS) is 12.7. The molecule has 5 nitrogen and oxygen atoms in total. The van der Waals surface area contributed by atoms with E-state index in [0.29, 0.717) is 6.42 Å². The van der Waals surface area contributed by atoms with Crippen LogP contribution in [0, 0.1) is 5.21 Å². The predicted molar refractivity (Wildman–Crippen MR) is 48.5 cm³/mol. The summed E-state index contributed by atoms with van der Waals surface area (Å²) in [5.41, 5.74) is 1.05. The number of aromatic hydroxyl groups is 1. The minimum absolute atomic E-state index is 0.205. The molecule has 1 rings (SSSR count). The van der Waals surface area contributed by atoms with Gasteiger partial charge >= 0.3 is 0 Å². The van der Waals surface area contributed by atoms with Crippen molar-refractivity contribution in [2.24, 2.45) is 0 Å². The van der Waals surface area contributed by atoms with Crippen LogP contribution in [0.15, 0.2) is 24.3 Å². The first-order valence-corrected chi connectivity index (χ1v) is 4.32. The van der Waals surface area contributed by atoms with Gasteiger partial charge in [0, 0.05) is 0 Å². The molecule has 1 atom stereocenters. The number of benzene rings is 1. The fourth-order valence-corrected chi connectivity index (χ4v) is 1.10. The summed E-state index contributed by atoms with van der Waals surface area (Å²) in [6.07, 6.45) is 1.39. The summed E-state index contributed by atoms with van der Waals surface area (Å²) in [6.45, 7) is 0.205. The van der Waals surface area contributed by atoms with Crippen LogP contribution in [0.1, 0.15) is 12.0 Å². The van der Waals surface area contributed by atoms with E-state index in [2.05, 4.69) is 4.84 Å². The quantitative estimate of drug-likeness (QED) is 0.462. The molecule has 3 N–H and O–H groups in total. The molecule has 0 saturated carbocycles. The highest BCUT2D eigenvalue weighted by Crippen LogP contribution is 2.10. The van der Waals surface area contributed by atoms with Crippen LogP contribution in [-0.2, 0) is 11.3 Å². The molecule has 0 amide bonds. The Morgan fingerprint density at radius 2 is 1.93 bits per heavy atom. The van der Waals surface area contributed by atoms with Gasteiger partial charge in [-0.3, -0.25) is 0 Å². The van der Waals surface area contributed by atoms with E-state index < -0.39 is 5.39 Å². The maximum absolute atomic E-state index is 10.0. The second-order valence-corrected chi connectivity index (χ2v) is 2.88. The topological polar surface area (TPSA) is 77.2 Å². The van der Waals surface area contributed by atoms with Gasteiger partial charge in [-0.25, -0.2) is 0 Å². The predicted octanol–water partition coefficient (Wildman–Crippen LogP) is 0.0283. The number of hydrogen-bond acceptors (Lipinski definition) is 4. The van der Waals surface area contributed by atoms with Gasteiger partial charge in [-0.1, -0.05) is 17.5 Å². The summed E-state index contributed by atoms with van der Waals surface area (Å²) in [7, 11) is 0. The van der Waals surface area contributed by atoms with E-state index >= 15 is 0 Å². The lowest BCUT2D eigenvalue weighted by Gasteiger charge is -2.09. The Labute approximate surface area is 81.6 Å².